The van der Waals surface area contributed by atoms with Crippen molar-refractivity contribution in [3.05, 3.63) is 23.8 Å². The molecule has 0 aliphatic carbocycles. The third-order valence-electron chi connectivity index (χ3n) is 1.88. The molecule has 0 saturated carbocycles. The molecule has 5 nitrogen and oxygen atoms in total. The van der Waals surface area contributed by atoms with E-state index in [1.807, 2.05) is 6.92 Å². The van der Waals surface area contributed by atoms with Gasteiger partial charge in [-0.05, 0) is 37.7 Å². The van der Waals surface area contributed by atoms with E-state index >= 15 is 0 Å². The molecule has 0 fully saturated rings. The summed E-state index contributed by atoms with van der Waals surface area (Å²) in [6, 6.07) is 5.18. The summed E-state index contributed by atoms with van der Waals surface area (Å²) in [7, 11) is -1.45. The molecule has 0 bridgehead atoms. The quantitative estimate of drug-likeness (QED) is 0.756. The predicted octanol–water partition coefficient (Wildman–Crippen LogP) is 0.922. The molecule has 0 spiro atoms. The van der Waals surface area contributed by atoms with Crippen LogP contribution in [0.2, 0.25) is 0 Å². The van der Waals surface area contributed by atoms with Crippen LogP contribution in [0.15, 0.2) is 18.2 Å². The molecule has 0 atom stereocenters. The van der Waals surface area contributed by atoms with Crippen LogP contribution in [-0.4, -0.2) is 28.5 Å². The van der Waals surface area contributed by atoms with Gasteiger partial charge < -0.3 is 4.74 Å². The third-order valence-corrected chi connectivity index (χ3v) is 2.47. The fraction of sp³-hybridized carbons (Fsp3) is 0.400. The lowest BCUT2D eigenvalue weighted by Crippen LogP contribution is -2.14. The van der Waals surface area contributed by atoms with Crippen molar-refractivity contribution in [2.75, 3.05) is 24.8 Å². The smallest absolute Gasteiger partial charge is 0.229 e. The van der Waals surface area contributed by atoms with Crippen molar-refractivity contribution in [1.29, 1.82) is 0 Å². The fourth-order valence-corrected chi connectivity index (χ4v) is 1.82. The Morgan fingerprint density at radius 3 is 2.56 bits per heavy atom. The van der Waals surface area contributed by atoms with E-state index in [4.69, 9.17) is 4.74 Å². The minimum atomic E-state index is -3.23. The molecular formula is C10H16N2O3S. The van der Waals surface area contributed by atoms with Crippen LogP contribution in [0.1, 0.15) is 5.56 Å². The van der Waals surface area contributed by atoms with E-state index in [0.29, 0.717) is 18.2 Å². The highest BCUT2D eigenvalue weighted by atomic mass is 32.2. The summed E-state index contributed by atoms with van der Waals surface area (Å²) in [6.07, 6.45) is 1.12. The van der Waals surface area contributed by atoms with Gasteiger partial charge in [-0.15, -0.1) is 0 Å². The number of anilines is 1. The van der Waals surface area contributed by atoms with Gasteiger partial charge in [-0.3, -0.25) is 10.0 Å². The SMILES string of the molecule is CNCOc1ccc(NS(C)(=O)=O)c(C)c1. The molecule has 1 rings (SSSR count). The van der Waals surface area contributed by atoms with E-state index in [-0.39, 0.29) is 0 Å². The summed E-state index contributed by atoms with van der Waals surface area (Å²) in [6.45, 7) is 2.23. The summed E-state index contributed by atoms with van der Waals surface area (Å²) in [5.41, 5.74) is 1.39. The maximum absolute atomic E-state index is 11.1. The Morgan fingerprint density at radius 2 is 2.06 bits per heavy atom. The van der Waals surface area contributed by atoms with Gasteiger partial charge in [0.2, 0.25) is 10.0 Å². The summed E-state index contributed by atoms with van der Waals surface area (Å²) in [5.74, 6) is 0.700. The van der Waals surface area contributed by atoms with E-state index in [9.17, 15) is 8.42 Å². The highest BCUT2D eigenvalue weighted by molar-refractivity contribution is 7.92. The molecule has 0 saturated heterocycles. The van der Waals surface area contributed by atoms with Crippen molar-refractivity contribution in [2.24, 2.45) is 0 Å². The standard InChI is InChI=1S/C10H16N2O3S/c1-8-6-9(15-7-11-2)4-5-10(8)12-16(3,13)14/h4-6,11-12H,7H2,1-3H3. The van der Waals surface area contributed by atoms with Gasteiger partial charge in [0.05, 0.1) is 11.9 Å². The Kier molecular flexibility index (Phi) is 4.14. The van der Waals surface area contributed by atoms with Gasteiger partial charge in [0.25, 0.3) is 0 Å². The normalized spacial score (nSPS) is 11.2. The first-order valence-electron chi connectivity index (χ1n) is 4.78. The Hall–Kier alpha value is -1.27. The first kappa shape index (κ1) is 12.8. The second-order valence-corrected chi connectivity index (χ2v) is 5.24. The minimum absolute atomic E-state index is 0.415. The number of benzene rings is 1. The molecule has 0 heterocycles. The average molecular weight is 244 g/mol. The summed E-state index contributed by atoms with van der Waals surface area (Å²) in [4.78, 5) is 0. The van der Waals surface area contributed by atoms with Gasteiger partial charge >= 0.3 is 0 Å². The second-order valence-electron chi connectivity index (χ2n) is 3.49. The van der Waals surface area contributed by atoms with E-state index < -0.39 is 10.0 Å². The Morgan fingerprint density at radius 1 is 1.38 bits per heavy atom. The second kappa shape index (κ2) is 5.18. The average Bonchev–Trinajstić information content (AvgIpc) is 2.17. The molecule has 0 aromatic heterocycles. The number of nitrogens with one attached hydrogen (secondary N) is 2. The highest BCUT2D eigenvalue weighted by Gasteiger charge is 2.05. The van der Waals surface area contributed by atoms with Crippen molar-refractivity contribution in [3.8, 4) is 5.75 Å². The van der Waals surface area contributed by atoms with Crippen molar-refractivity contribution in [2.45, 2.75) is 6.92 Å². The number of sulfonamides is 1. The molecule has 16 heavy (non-hydrogen) atoms. The van der Waals surface area contributed by atoms with Crippen LogP contribution in [0.4, 0.5) is 5.69 Å². The van der Waals surface area contributed by atoms with Gasteiger partial charge in [0, 0.05) is 0 Å². The topological polar surface area (TPSA) is 67.4 Å². The molecule has 0 amide bonds. The molecule has 90 valence electrons. The van der Waals surface area contributed by atoms with Gasteiger partial charge in [-0.1, -0.05) is 0 Å². The van der Waals surface area contributed by atoms with Gasteiger partial charge in [0.1, 0.15) is 12.5 Å². The molecule has 1 aromatic carbocycles. The molecular weight excluding hydrogens is 228 g/mol. The molecule has 0 unspecified atom stereocenters. The summed E-state index contributed by atoms with van der Waals surface area (Å²) >= 11 is 0. The molecule has 2 N–H and O–H groups in total. The third kappa shape index (κ3) is 4.08. The highest BCUT2D eigenvalue weighted by Crippen LogP contribution is 2.21. The van der Waals surface area contributed by atoms with E-state index in [2.05, 4.69) is 10.0 Å². The molecule has 1 aromatic rings. The Labute approximate surface area is 95.9 Å². The molecule has 0 radical (unpaired) electrons. The molecule has 0 aliphatic rings. The van der Waals surface area contributed by atoms with Crippen LogP contribution in [0.5, 0.6) is 5.75 Å². The number of hydrogen-bond acceptors (Lipinski definition) is 4. The Bertz CT molecular complexity index is 457. The van der Waals surface area contributed by atoms with Crippen LogP contribution in [-0.2, 0) is 10.0 Å². The van der Waals surface area contributed by atoms with E-state index in [1.54, 1.807) is 25.2 Å². The molecule has 0 aliphatic heterocycles. The van der Waals surface area contributed by atoms with Crippen LogP contribution < -0.4 is 14.8 Å². The van der Waals surface area contributed by atoms with Crippen molar-refractivity contribution >= 4 is 15.7 Å². The van der Waals surface area contributed by atoms with Crippen molar-refractivity contribution in [3.63, 3.8) is 0 Å². The summed E-state index contributed by atoms with van der Waals surface area (Å²) < 4.78 is 29.9. The lowest BCUT2D eigenvalue weighted by atomic mass is 10.2. The zero-order valence-corrected chi connectivity index (χ0v) is 10.4. The lowest BCUT2D eigenvalue weighted by Gasteiger charge is -2.10. The fourth-order valence-electron chi connectivity index (χ4n) is 1.20. The van der Waals surface area contributed by atoms with Crippen LogP contribution in [0, 0.1) is 6.92 Å². The monoisotopic (exact) mass is 244 g/mol. The number of aryl methyl sites for hydroxylation is 1. The molecule has 6 heteroatoms. The van der Waals surface area contributed by atoms with Crippen LogP contribution >= 0.6 is 0 Å². The van der Waals surface area contributed by atoms with E-state index in [0.717, 1.165) is 11.8 Å². The number of hydrogen-bond donors (Lipinski definition) is 2. The summed E-state index contributed by atoms with van der Waals surface area (Å²) in [5, 5.41) is 2.85. The first-order valence-corrected chi connectivity index (χ1v) is 6.67. The van der Waals surface area contributed by atoms with Crippen LogP contribution in [0.25, 0.3) is 0 Å². The van der Waals surface area contributed by atoms with Gasteiger partial charge in [-0.25, -0.2) is 8.42 Å². The van der Waals surface area contributed by atoms with Gasteiger partial charge in [-0.2, -0.15) is 0 Å². The largest absolute Gasteiger partial charge is 0.478 e. The maximum atomic E-state index is 11.1. The van der Waals surface area contributed by atoms with Crippen molar-refractivity contribution in [1.82, 2.24) is 5.32 Å². The maximum Gasteiger partial charge on any atom is 0.229 e. The van der Waals surface area contributed by atoms with E-state index in [1.165, 1.54) is 0 Å². The van der Waals surface area contributed by atoms with Crippen LogP contribution in [0.3, 0.4) is 0 Å². The minimum Gasteiger partial charge on any atom is -0.478 e. The zero-order chi connectivity index (χ0) is 12.2. The Balaban J connectivity index is 2.83. The number of rotatable bonds is 5. The first-order chi connectivity index (χ1) is 7.42. The lowest BCUT2D eigenvalue weighted by molar-refractivity contribution is 0.296. The predicted molar refractivity (Wildman–Crippen MR) is 64.2 cm³/mol. The number of ether oxygens (including phenoxy) is 1. The van der Waals surface area contributed by atoms with Gasteiger partial charge in [0.15, 0.2) is 0 Å². The zero-order valence-electron chi connectivity index (χ0n) is 9.57. The van der Waals surface area contributed by atoms with Crippen molar-refractivity contribution < 1.29 is 13.2 Å².